The molecule has 0 saturated carbocycles. The van der Waals surface area contributed by atoms with Gasteiger partial charge in [0.05, 0.1) is 12.8 Å². The molecule has 104 valence electrons. The Hall–Kier alpha value is -2.02. The van der Waals surface area contributed by atoms with Crippen LogP contribution in [0.25, 0.3) is 0 Å². The first-order valence-corrected chi connectivity index (χ1v) is 6.68. The lowest BCUT2D eigenvalue weighted by molar-refractivity contribution is 0.316. The molecule has 2 aromatic rings. The van der Waals surface area contributed by atoms with Crippen molar-refractivity contribution >= 4 is 0 Å². The number of aryl methyl sites for hydroxylation is 1. The molecule has 3 heteroatoms. The summed E-state index contributed by atoms with van der Waals surface area (Å²) in [6.07, 6.45) is 1.74. The number of furan rings is 1. The highest BCUT2D eigenvalue weighted by Gasteiger charge is 2.06. The second-order valence-electron chi connectivity index (χ2n) is 4.88. The van der Waals surface area contributed by atoms with Crippen LogP contribution in [-0.2, 0) is 13.1 Å². The zero-order valence-corrected chi connectivity index (χ0v) is 12.0. The van der Waals surface area contributed by atoms with Crippen LogP contribution in [0.1, 0.15) is 22.5 Å². The van der Waals surface area contributed by atoms with E-state index in [4.69, 9.17) is 10.2 Å². The van der Waals surface area contributed by atoms with Crippen molar-refractivity contribution in [1.29, 1.82) is 0 Å². The van der Waals surface area contributed by atoms with Crippen molar-refractivity contribution in [2.75, 3.05) is 13.6 Å². The van der Waals surface area contributed by atoms with Gasteiger partial charge in [0.1, 0.15) is 5.76 Å². The average Bonchev–Trinajstić information content (AvgIpc) is 2.82. The van der Waals surface area contributed by atoms with E-state index in [-0.39, 0.29) is 0 Å². The maximum atomic E-state index is 5.39. The second kappa shape index (κ2) is 6.95. The fourth-order valence-electron chi connectivity index (χ4n) is 2.13. The standard InChI is InChI=1S/C17H20N2O/c1-14-17(8-10-20-14)13-19(2)12-16-6-3-5-15(11-16)7-4-9-18/h3,5-6,8,10-11H,9,12-13,18H2,1-2H3. The second-order valence-corrected chi connectivity index (χ2v) is 4.88. The van der Waals surface area contributed by atoms with Crippen LogP contribution >= 0.6 is 0 Å². The van der Waals surface area contributed by atoms with Crippen molar-refractivity contribution in [3.8, 4) is 11.8 Å². The van der Waals surface area contributed by atoms with Crippen LogP contribution in [0.3, 0.4) is 0 Å². The monoisotopic (exact) mass is 268 g/mol. The van der Waals surface area contributed by atoms with E-state index in [0.717, 1.165) is 24.4 Å². The molecular weight excluding hydrogens is 248 g/mol. The number of hydrogen-bond donors (Lipinski definition) is 1. The molecule has 1 aromatic carbocycles. The van der Waals surface area contributed by atoms with Crippen molar-refractivity contribution < 1.29 is 4.42 Å². The number of hydrogen-bond acceptors (Lipinski definition) is 3. The lowest BCUT2D eigenvalue weighted by Crippen LogP contribution is -2.17. The Morgan fingerprint density at radius 2 is 2.10 bits per heavy atom. The maximum Gasteiger partial charge on any atom is 0.105 e. The molecule has 0 radical (unpaired) electrons. The summed E-state index contributed by atoms with van der Waals surface area (Å²) in [5, 5.41) is 0. The molecule has 0 amide bonds. The van der Waals surface area contributed by atoms with Gasteiger partial charge in [0.25, 0.3) is 0 Å². The Morgan fingerprint density at radius 1 is 1.25 bits per heavy atom. The van der Waals surface area contributed by atoms with Crippen LogP contribution in [0, 0.1) is 18.8 Å². The predicted octanol–water partition coefficient (Wildman–Crippen LogP) is 2.53. The Labute approximate surface area is 120 Å². The lowest BCUT2D eigenvalue weighted by atomic mass is 10.1. The molecule has 0 aliphatic rings. The van der Waals surface area contributed by atoms with Gasteiger partial charge in [0.2, 0.25) is 0 Å². The molecule has 0 aliphatic heterocycles. The first kappa shape index (κ1) is 14.4. The van der Waals surface area contributed by atoms with E-state index in [9.17, 15) is 0 Å². The highest BCUT2D eigenvalue weighted by Crippen LogP contribution is 2.13. The van der Waals surface area contributed by atoms with Gasteiger partial charge in [0, 0.05) is 24.2 Å². The Morgan fingerprint density at radius 3 is 2.80 bits per heavy atom. The van der Waals surface area contributed by atoms with Gasteiger partial charge in [-0.05, 0) is 37.7 Å². The molecular formula is C17H20N2O. The summed E-state index contributed by atoms with van der Waals surface area (Å²) >= 11 is 0. The van der Waals surface area contributed by atoms with Crippen LogP contribution in [0.2, 0.25) is 0 Å². The van der Waals surface area contributed by atoms with Gasteiger partial charge in [-0.1, -0.05) is 24.0 Å². The molecule has 0 saturated heterocycles. The molecule has 0 unspecified atom stereocenters. The van der Waals surface area contributed by atoms with Gasteiger partial charge < -0.3 is 10.2 Å². The van der Waals surface area contributed by atoms with Crippen LogP contribution in [0.15, 0.2) is 41.0 Å². The molecule has 3 nitrogen and oxygen atoms in total. The zero-order valence-electron chi connectivity index (χ0n) is 12.0. The summed E-state index contributed by atoms with van der Waals surface area (Å²) in [5.41, 5.74) is 8.88. The van der Waals surface area contributed by atoms with E-state index in [0.29, 0.717) is 6.54 Å². The van der Waals surface area contributed by atoms with Gasteiger partial charge in [-0.2, -0.15) is 0 Å². The number of nitrogens with two attached hydrogens (primary N) is 1. The third-order valence-corrected chi connectivity index (χ3v) is 3.12. The maximum absolute atomic E-state index is 5.39. The topological polar surface area (TPSA) is 42.4 Å². The van der Waals surface area contributed by atoms with Gasteiger partial charge in [-0.25, -0.2) is 0 Å². The van der Waals surface area contributed by atoms with Crippen molar-refractivity contribution in [3.05, 3.63) is 59.0 Å². The summed E-state index contributed by atoms with van der Waals surface area (Å²) in [6, 6.07) is 10.3. The number of nitrogens with zero attached hydrogens (tertiary/aromatic N) is 1. The molecule has 20 heavy (non-hydrogen) atoms. The predicted molar refractivity (Wildman–Crippen MR) is 81.0 cm³/mol. The van der Waals surface area contributed by atoms with Gasteiger partial charge >= 0.3 is 0 Å². The first-order valence-electron chi connectivity index (χ1n) is 6.68. The molecule has 0 bridgehead atoms. The van der Waals surface area contributed by atoms with Crippen molar-refractivity contribution in [2.24, 2.45) is 5.73 Å². The van der Waals surface area contributed by atoms with E-state index >= 15 is 0 Å². The van der Waals surface area contributed by atoms with Gasteiger partial charge in [-0.15, -0.1) is 0 Å². The fraction of sp³-hybridized carbons (Fsp3) is 0.294. The van der Waals surface area contributed by atoms with Crippen LogP contribution < -0.4 is 5.73 Å². The molecule has 1 aromatic heterocycles. The highest BCUT2D eigenvalue weighted by atomic mass is 16.3. The molecule has 1 heterocycles. The molecule has 2 rings (SSSR count). The third kappa shape index (κ3) is 3.99. The molecule has 0 atom stereocenters. The Balaban J connectivity index is 2.00. The normalized spacial score (nSPS) is 10.4. The van der Waals surface area contributed by atoms with Crippen molar-refractivity contribution in [1.82, 2.24) is 4.90 Å². The molecule has 0 fully saturated rings. The molecule has 0 aliphatic carbocycles. The Bertz CT molecular complexity index is 619. The molecule has 0 spiro atoms. The summed E-state index contributed by atoms with van der Waals surface area (Å²) in [6.45, 7) is 4.14. The smallest absolute Gasteiger partial charge is 0.105 e. The van der Waals surface area contributed by atoms with Crippen LogP contribution in [0.5, 0.6) is 0 Å². The minimum atomic E-state index is 0.393. The SMILES string of the molecule is Cc1occc1CN(C)Cc1cccc(C#CCN)c1. The van der Waals surface area contributed by atoms with Gasteiger partial charge in [0.15, 0.2) is 0 Å². The van der Waals surface area contributed by atoms with Crippen molar-refractivity contribution in [3.63, 3.8) is 0 Å². The summed E-state index contributed by atoms with van der Waals surface area (Å²) in [7, 11) is 2.10. The number of rotatable bonds is 4. The van der Waals surface area contributed by atoms with E-state index in [1.54, 1.807) is 6.26 Å². The summed E-state index contributed by atoms with van der Waals surface area (Å²) < 4.78 is 5.32. The van der Waals surface area contributed by atoms with Crippen LogP contribution in [0.4, 0.5) is 0 Å². The molecule has 2 N–H and O–H groups in total. The quantitative estimate of drug-likeness (QED) is 0.866. The average molecular weight is 268 g/mol. The Kier molecular flexibility index (Phi) is 5.00. The fourth-order valence-corrected chi connectivity index (χ4v) is 2.13. The zero-order chi connectivity index (χ0) is 14.4. The van der Waals surface area contributed by atoms with E-state index < -0.39 is 0 Å². The van der Waals surface area contributed by atoms with E-state index in [1.165, 1.54) is 11.1 Å². The van der Waals surface area contributed by atoms with Crippen LogP contribution in [-0.4, -0.2) is 18.5 Å². The lowest BCUT2D eigenvalue weighted by Gasteiger charge is -2.16. The summed E-state index contributed by atoms with van der Waals surface area (Å²) in [4.78, 5) is 2.26. The minimum Gasteiger partial charge on any atom is -0.469 e. The van der Waals surface area contributed by atoms with Crippen molar-refractivity contribution in [2.45, 2.75) is 20.0 Å². The van der Waals surface area contributed by atoms with E-state index in [1.807, 2.05) is 25.1 Å². The van der Waals surface area contributed by atoms with E-state index in [2.05, 4.69) is 35.9 Å². The largest absolute Gasteiger partial charge is 0.469 e. The number of benzene rings is 1. The summed E-state index contributed by atoms with van der Waals surface area (Å²) in [5.74, 6) is 6.93. The first-order chi connectivity index (χ1) is 9.69. The highest BCUT2D eigenvalue weighted by molar-refractivity contribution is 5.37. The minimum absolute atomic E-state index is 0.393. The van der Waals surface area contributed by atoms with Gasteiger partial charge in [-0.3, -0.25) is 4.90 Å². The third-order valence-electron chi connectivity index (χ3n) is 3.12.